The van der Waals surface area contributed by atoms with Gasteiger partial charge < -0.3 is 20.3 Å². The molecule has 3 N–H and O–H groups in total. The minimum absolute atomic E-state index is 0.00399. The molecule has 3 heterocycles. The molecule has 1 aromatic carbocycles. The number of nitrogens with one attached hydrogen (secondary N) is 2. The summed E-state index contributed by atoms with van der Waals surface area (Å²) in [5.74, 6) is 1.70. The lowest BCUT2D eigenvalue weighted by atomic mass is 10.1. The van der Waals surface area contributed by atoms with Crippen LogP contribution in [0.15, 0.2) is 42.9 Å². The second-order valence-electron chi connectivity index (χ2n) is 6.47. The fraction of sp³-hybridized carbons (Fsp3) is 0.263. The smallest absolute Gasteiger partial charge is 0.232 e. The van der Waals surface area contributed by atoms with Crippen LogP contribution < -0.4 is 10.6 Å². The third-order valence-corrected chi connectivity index (χ3v) is 4.29. The summed E-state index contributed by atoms with van der Waals surface area (Å²) in [4.78, 5) is 18.1. The first-order valence-corrected chi connectivity index (χ1v) is 8.87. The Kier molecular flexibility index (Phi) is 4.55. The molecular weight excluding hydrogens is 342 g/mol. The normalized spacial score (nSPS) is 11.4. The predicted molar refractivity (Wildman–Crippen MR) is 106 cm³/mol. The summed E-state index contributed by atoms with van der Waals surface area (Å²) >= 11 is 0. The lowest BCUT2D eigenvalue weighted by molar-refractivity contribution is 0.311. The van der Waals surface area contributed by atoms with Crippen LogP contribution in [-0.2, 0) is 0 Å². The predicted octanol–water partition coefficient (Wildman–Crippen LogP) is 3.10. The molecule has 0 unspecified atom stereocenters. The van der Waals surface area contributed by atoms with E-state index in [9.17, 15) is 0 Å². The molecule has 138 valence electrons. The molecule has 0 aliphatic rings. The zero-order chi connectivity index (χ0) is 18.8. The number of anilines is 3. The van der Waals surface area contributed by atoms with Crippen molar-refractivity contribution < 1.29 is 5.11 Å². The van der Waals surface area contributed by atoms with E-state index in [1.807, 2.05) is 34.9 Å². The minimum atomic E-state index is 0.00399. The summed E-state index contributed by atoms with van der Waals surface area (Å²) < 4.78 is 1.99. The molecule has 0 atom stereocenters. The molecule has 0 saturated carbocycles. The molecule has 3 aromatic heterocycles. The van der Waals surface area contributed by atoms with Crippen LogP contribution in [0.4, 0.5) is 17.6 Å². The number of rotatable bonds is 6. The number of nitrogens with zero attached hydrogens (tertiary/aromatic N) is 5. The SMILES string of the molecule is CC(C)n1cnc2c(NCCO)nc(Nc3nccc4ccccc34)nc21. The van der Waals surface area contributed by atoms with Gasteiger partial charge in [0.2, 0.25) is 5.95 Å². The van der Waals surface area contributed by atoms with Gasteiger partial charge in [-0.05, 0) is 25.3 Å². The minimum Gasteiger partial charge on any atom is -0.395 e. The van der Waals surface area contributed by atoms with Gasteiger partial charge in [0.25, 0.3) is 0 Å². The third-order valence-electron chi connectivity index (χ3n) is 4.29. The average molecular weight is 363 g/mol. The second-order valence-corrected chi connectivity index (χ2v) is 6.47. The monoisotopic (exact) mass is 363 g/mol. The number of hydrogen-bond acceptors (Lipinski definition) is 7. The maximum atomic E-state index is 9.16. The van der Waals surface area contributed by atoms with Gasteiger partial charge in [-0.1, -0.05) is 24.3 Å². The maximum Gasteiger partial charge on any atom is 0.232 e. The van der Waals surface area contributed by atoms with Crippen LogP contribution in [0.2, 0.25) is 0 Å². The lowest BCUT2D eigenvalue weighted by Gasteiger charge is -2.12. The van der Waals surface area contributed by atoms with Crippen molar-refractivity contribution in [2.45, 2.75) is 19.9 Å². The molecule has 4 rings (SSSR count). The molecule has 4 aromatic rings. The van der Waals surface area contributed by atoms with Crippen LogP contribution in [-0.4, -0.2) is 42.8 Å². The number of benzene rings is 1. The van der Waals surface area contributed by atoms with Crippen molar-refractivity contribution in [3.63, 3.8) is 0 Å². The lowest BCUT2D eigenvalue weighted by Crippen LogP contribution is -2.10. The number of pyridine rings is 1. The Hall–Kier alpha value is -3.26. The van der Waals surface area contributed by atoms with Crippen LogP contribution in [0.25, 0.3) is 21.9 Å². The van der Waals surface area contributed by atoms with Gasteiger partial charge in [0.15, 0.2) is 17.0 Å². The summed E-state index contributed by atoms with van der Waals surface area (Å²) in [7, 11) is 0. The highest BCUT2D eigenvalue weighted by molar-refractivity contribution is 5.93. The van der Waals surface area contributed by atoms with E-state index in [4.69, 9.17) is 5.11 Å². The third kappa shape index (κ3) is 3.26. The van der Waals surface area contributed by atoms with E-state index in [1.165, 1.54) is 0 Å². The molecule has 0 fully saturated rings. The molecule has 0 bridgehead atoms. The van der Waals surface area contributed by atoms with E-state index in [2.05, 4.69) is 44.4 Å². The molecule has 8 heteroatoms. The van der Waals surface area contributed by atoms with E-state index in [0.717, 1.165) is 16.4 Å². The van der Waals surface area contributed by atoms with E-state index in [-0.39, 0.29) is 12.6 Å². The van der Waals surface area contributed by atoms with Crippen molar-refractivity contribution >= 4 is 39.5 Å². The first kappa shape index (κ1) is 17.2. The topological polar surface area (TPSA) is 101 Å². The Labute approximate surface area is 156 Å². The summed E-state index contributed by atoms with van der Waals surface area (Å²) in [6.45, 7) is 4.53. The molecular formula is C19H21N7O. The number of hydrogen-bond donors (Lipinski definition) is 3. The van der Waals surface area contributed by atoms with Gasteiger partial charge in [-0.25, -0.2) is 9.97 Å². The van der Waals surface area contributed by atoms with Gasteiger partial charge in [0, 0.05) is 24.2 Å². The van der Waals surface area contributed by atoms with E-state index in [0.29, 0.717) is 29.6 Å². The van der Waals surface area contributed by atoms with Gasteiger partial charge in [0.05, 0.1) is 12.9 Å². The summed E-state index contributed by atoms with van der Waals surface area (Å²) in [6.07, 6.45) is 3.51. The van der Waals surface area contributed by atoms with Gasteiger partial charge in [-0.15, -0.1) is 0 Å². The maximum absolute atomic E-state index is 9.16. The van der Waals surface area contributed by atoms with E-state index in [1.54, 1.807) is 12.5 Å². The first-order chi connectivity index (χ1) is 13.2. The van der Waals surface area contributed by atoms with Crippen molar-refractivity contribution in [1.29, 1.82) is 0 Å². The van der Waals surface area contributed by atoms with Crippen molar-refractivity contribution in [1.82, 2.24) is 24.5 Å². The zero-order valence-corrected chi connectivity index (χ0v) is 15.2. The number of fused-ring (bicyclic) bond motifs is 2. The van der Waals surface area contributed by atoms with Crippen molar-refractivity contribution in [3.8, 4) is 0 Å². The molecule has 0 aliphatic carbocycles. The highest BCUT2D eigenvalue weighted by Crippen LogP contribution is 2.26. The van der Waals surface area contributed by atoms with Gasteiger partial charge >= 0.3 is 0 Å². The molecule has 0 saturated heterocycles. The highest BCUT2D eigenvalue weighted by Gasteiger charge is 2.15. The Morgan fingerprint density at radius 2 is 1.93 bits per heavy atom. The summed E-state index contributed by atoms with van der Waals surface area (Å²) in [6, 6.07) is 10.2. The second kappa shape index (κ2) is 7.16. The average Bonchev–Trinajstić information content (AvgIpc) is 3.11. The van der Waals surface area contributed by atoms with Crippen LogP contribution in [0.1, 0.15) is 19.9 Å². The van der Waals surface area contributed by atoms with Crippen molar-refractivity contribution in [2.24, 2.45) is 0 Å². The Morgan fingerprint density at radius 3 is 2.74 bits per heavy atom. The first-order valence-electron chi connectivity index (χ1n) is 8.87. The number of aliphatic hydroxyl groups excluding tert-OH is 1. The number of aromatic nitrogens is 5. The molecule has 0 spiro atoms. The fourth-order valence-electron chi connectivity index (χ4n) is 2.97. The zero-order valence-electron chi connectivity index (χ0n) is 15.2. The van der Waals surface area contributed by atoms with Crippen LogP contribution in [0, 0.1) is 0 Å². The number of aliphatic hydroxyl groups is 1. The van der Waals surface area contributed by atoms with E-state index < -0.39 is 0 Å². The van der Waals surface area contributed by atoms with Gasteiger partial charge in [-0.2, -0.15) is 9.97 Å². The summed E-state index contributed by atoms with van der Waals surface area (Å²) in [5, 5.41) is 17.6. The largest absolute Gasteiger partial charge is 0.395 e. The Bertz CT molecular complexity index is 1080. The van der Waals surface area contributed by atoms with Crippen LogP contribution in [0.3, 0.4) is 0 Å². The van der Waals surface area contributed by atoms with Crippen molar-refractivity contribution in [2.75, 3.05) is 23.8 Å². The van der Waals surface area contributed by atoms with E-state index >= 15 is 0 Å². The highest BCUT2D eigenvalue weighted by atomic mass is 16.3. The van der Waals surface area contributed by atoms with Gasteiger partial charge in [0.1, 0.15) is 5.82 Å². The Balaban J connectivity index is 1.81. The van der Waals surface area contributed by atoms with Crippen LogP contribution >= 0.6 is 0 Å². The summed E-state index contributed by atoms with van der Waals surface area (Å²) in [5.41, 5.74) is 1.40. The standard InChI is InChI=1S/C19H21N7O/c1-12(2)26-11-22-15-17(21-9-10-27)24-19(25-18(15)26)23-16-14-6-4-3-5-13(14)7-8-20-16/h3-8,11-12,27H,9-10H2,1-2H3,(H2,20,21,23,24,25). The quantitative estimate of drug-likeness (QED) is 0.484. The number of imidazole rings is 1. The molecule has 0 radical (unpaired) electrons. The van der Waals surface area contributed by atoms with Gasteiger partial charge in [-0.3, -0.25) is 0 Å². The fourth-order valence-corrected chi connectivity index (χ4v) is 2.97. The molecule has 0 aliphatic heterocycles. The molecule has 27 heavy (non-hydrogen) atoms. The molecule has 8 nitrogen and oxygen atoms in total. The van der Waals surface area contributed by atoms with Crippen LogP contribution in [0.5, 0.6) is 0 Å². The van der Waals surface area contributed by atoms with Crippen molar-refractivity contribution in [3.05, 3.63) is 42.9 Å². The molecule has 0 amide bonds. The Morgan fingerprint density at radius 1 is 1.07 bits per heavy atom.